The van der Waals surface area contributed by atoms with Crippen molar-refractivity contribution in [3.05, 3.63) is 88.9 Å². The molecule has 156 valence electrons. The van der Waals surface area contributed by atoms with Gasteiger partial charge >= 0.3 is 5.63 Å². The van der Waals surface area contributed by atoms with E-state index in [1.54, 1.807) is 23.1 Å². The van der Waals surface area contributed by atoms with Crippen LogP contribution >= 0.6 is 0 Å². The Kier molecular flexibility index (Phi) is 4.76. The van der Waals surface area contributed by atoms with E-state index in [9.17, 15) is 4.79 Å². The zero-order valence-electron chi connectivity index (χ0n) is 18.1. The summed E-state index contributed by atoms with van der Waals surface area (Å²) in [6.45, 7) is 6.41. The Morgan fingerprint density at radius 2 is 1.75 bits per heavy atom. The minimum absolute atomic E-state index is 0.392. The molecular weight excluding hydrogens is 414 g/mol. The van der Waals surface area contributed by atoms with E-state index in [1.165, 1.54) is 0 Å². The zero-order chi connectivity index (χ0) is 22.3. The normalized spacial score (nSPS) is 11.5. The summed E-state index contributed by atoms with van der Waals surface area (Å²) >= 11 is 0. The van der Waals surface area contributed by atoms with E-state index in [1.807, 2.05) is 36.4 Å². The highest BCUT2D eigenvalue weighted by atomic mass is 28.3. The molecule has 3 aromatic carbocycles. The number of benzene rings is 3. The third kappa shape index (κ3) is 3.86. The molecule has 0 fully saturated rings. The van der Waals surface area contributed by atoms with E-state index >= 15 is 0 Å². The Hall–Kier alpha value is -3.95. The molecule has 0 N–H and O–H groups in total. The van der Waals surface area contributed by atoms with E-state index in [2.05, 4.69) is 59.5 Å². The van der Waals surface area contributed by atoms with Gasteiger partial charge in [0.25, 0.3) is 0 Å². The van der Waals surface area contributed by atoms with E-state index in [-0.39, 0.29) is 0 Å². The molecule has 0 saturated heterocycles. The molecule has 5 aromatic rings. The van der Waals surface area contributed by atoms with Gasteiger partial charge < -0.3 is 4.42 Å². The predicted molar refractivity (Wildman–Crippen MR) is 131 cm³/mol. The van der Waals surface area contributed by atoms with Crippen LogP contribution in [0.5, 0.6) is 0 Å². The van der Waals surface area contributed by atoms with E-state index in [0.29, 0.717) is 16.8 Å². The fraction of sp³-hybridized carbons (Fsp3) is 0.115. The van der Waals surface area contributed by atoms with Gasteiger partial charge in [-0.15, -0.1) is 10.6 Å². The average Bonchev–Trinajstić information content (AvgIpc) is 3.26. The van der Waals surface area contributed by atoms with Crippen LogP contribution in [-0.4, -0.2) is 23.1 Å². The Balaban J connectivity index is 1.54. The quantitative estimate of drug-likeness (QED) is 0.211. The zero-order valence-corrected chi connectivity index (χ0v) is 19.1. The van der Waals surface area contributed by atoms with Crippen molar-refractivity contribution in [2.24, 2.45) is 0 Å². The second-order valence-electron chi connectivity index (χ2n) is 8.72. The molecular formula is C26H21N3O2Si. The Bertz CT molecular complexity index is 1590. The summed E-state index contributed by atoms with van der Waals surface area (Å²) in [6.07, 6.45) is 1.75. The van der Waals surface area contributed by atoms with Crippen LogP contribution in [0, 0.1) is 11.5 Å². The third-order valence-electron chi connectivity index (χ3n) is 5.08. The van der Waals surface area contributed by atoms with Crippen molar-refractivity contribution in [2.75, 3.05) is 0 Å². The smallest absolute Gasteiger partial charge is 0.352 e. The fourth-order valence-corrected chi connectivity index (χ4v) is 4.04. The number of nitrogens with zero attached hydrogens (tertiary/aromatic N) is 3. The summed E-state index contributed by atoms with van der Waals surface area (Å²) in [5.41, 5.74) is 6.18. The van der Waals surface area contributed by atoms with Crippen LogP contribution in [0.25, 0.3) is 38.7 Å². The maximum absolute atomic E-state index is 12.4. The van der Waals surface area contributed by atoms with Gasteiger partial charge in [-0.05, 0) is 29.0 Å². The summed E-state index contributed by atoms with van der Waals surface area (Å²) in [5.74, 6) is 3.00. The summed E-state index contributed by atoms with van der Waals surface area (Å²) in [6, 6.07) is 21.7. The monoisotopic (exact) mass is 435 g/mol. The first-order chi connectivity index (χ1) is 15.4. The molecule has 0 radical (unpaired) electrons. The van der Waals surface area contributed by atoms with Crippen LogP contribution in [0.4, 0.5) is 0 Å². The Morgan fingerprint density at radius 1 is 0.938 bits per heavy atom. The molecule has 2 aromatic heterocycles. The van der Waals surface area contributed by atoms with Gasteiger partial charge in [0.2, 0.25) is 0 Å². The van der Waals surface area contributed by atoms with Crippen LogP contribution in [0.2, 0.25) is 19.6 Å². The van der Waals surface area contributed by atoms with Crippen molar-refractivity contribution in [1.82, 2.24) is 15.0 Å². The molecule has 0 bridgehead atoms. The maximum atomic E-state index is 12.4. The number of fused-ring (bicyclic) bond motifs is 2. The van der Waals surface area contributed by atoms with Crippen LogP contribution in [0.1, 0.15) is 5.56 Å². The molecule has 5 nitrogen and oxygen atoms in total. The highest BCUT2D eigenvalue weighted by Crippen LogP contribution is 2.27. The molecule has 5 rings (SSSR count). The molecule has 0 aliphatic rings. The summed E-state index contributed by atoms with van der Waals surface area (Å²) in [7, 11) is -1.59. The summed E-state index contributed by atoms with van der Waals surface area (Å²) < 4.78 is 5.56. The second kappa shape index (κ2) is 7.63. The van der Waals surface area contributed by atoms with E-state index in [4.69, 9.17) is 4.42 Å². The van der Waals surface area contributed by atoms with Crippen molar-refractivity contribution < 1.29 is 4.42 Å². The lowest BCUT2D eigenvalue weighted by molar-refractivity contribution is 0.558. The lowest BCUT2D eigenvalue weighted by Gasteiger charge is -2.05. The summed E-state index contributed by atoms with van der Waals surface area (Å²) in [5, 5.41) is 12.2. The minimum Gasteiger partial charge on any atom is -0.422 e. The molecule has 0 amide bonds. The Labute approximate surface area is 186 Å². The highest BCUT2D eigenvalue weighted by Gasteiger charge is 2.12. The maximum Gasteiger partial charge on any atom is 0.352 e. The van der Waals surface area contributed by atoms with Gasteiger partial charge in [0.15, 0.2) is 0 Å². The van der Waals surface area contributed by atoms with Crippen molar-refractivity contribution in [3.63, 3.8) is 0 Å². The summed E-state index contributed by atoms with van der Waals surface area (Å²) in [4.78, 5) is 14.0. The van der Waals surface area contributed by atoms with Crippen LogP contribution < -0.4 is 5.63 Å². The van der Waals surface area contributed by atoms with Gasteiger partial charge in [-0.25, -0.2) is 4.79 Å². The van der Waals surface area contributed by atoms with Gasteiger partial charge in [0.1, 0.15) is 24.9 Å². The first-order valence-corrected chi connectivity index (χ1v) is 13.9. The minimum atomic E-state index is -1.59. The van der Waals surface area contributed by atoms with Gasteiger partial charge in [0.05, 0.1) is 11.9 Å². The van der Waals surface area contributed by atoms with E-state index < -0.39 is 13.7 Å². The average molecular weight is 436 g/mol. The van der Waals surface area contributed by atoms with Crippen LogP contribution in [-0.2, 0) is 0 Å². The molecule has 0 atom stereocenters. The first-order valence-electron chi connectivity index (χ1n) is 10.4. The highest BCUT2D eigenvalue weighted by molar-refractivity contribution is 6.83. The van der Waals surface area contributed by atoms with Crippen molar-refractivity contribution in [1.29, 1.82) is 0 Å². The number of hydrogen-bond acceptors (Lipinski definition) is 4. The molecule has 0 aliphatic heterocycles. The molecule has 0 spiro atoms. The topological polar surface area (TPSA) is 60.9 Å². The largest absolute Gasteiger partial charge is 0.422 e. The second-order valence-corrected chi connectivity index (χ2v) is 13.5. The van der Waals surface area contributed by atoms with Gasteiger partial charge in [-0.3, -0.25) is 0 Å². The van der Waals surface area contributed by atoms with Gasteiger partial charge in [-0.2, -0.15) is 9.90 Å². The fourth-order valence-electron chi connectivity index (χ4n) is 3.53. The van der Waals surface area contributed by atoms with E-state index in [0.717, 1.165) is 27.4 Å². The van der Waals surface area contributed by atoms with Crippen molar-refractivity contribution >= 4 is 29.8 Å². The molecule has 0 aliphatic carbocycles. The lowest BCUT2D eigenvalue weighted by Crippen LogP contribution is -2.17. The van der Waals surface area contributed by atoms with Crippen molar-refractivity contribution in [2.45, 2.75) is 19.6 Å². The number of aromatic nitrogens is 3. The third-order valence-corrected chi connectivity index (χ3v) is 5.96. The SMILES string of the molecule is C[Si](C)(C)C#Cc1cc2ccc(-n3ncc(-c4cccc5ccccc45)n3)cc2oc1=O. The van der Waals surface area contributed by atoms with Crippen molar-refractivity contribution in [3.8, 4) is 28.4 Å². The predicted octanol–water partition coefficient (Wildman–Crippen LogP) is 5.42. The van der Waals surface area contributed by atoms with Gasteiger partial charge in [0, 0.05) is 17.0 Å². The lowest BCUT2D eigenvalue weighted by atomic mass is 10.0. The molecule has 6 heteroatoms. The molecule has 0 saturated carbocycles. The molecule has 0 unspecified atom stereocenters. The first kappa shape index (κ1) is 20.0. The number of rotatable bonds is 2. The van der Waals surface area contributed by atoms with Gasteiger partial charge in [-0.1, -0.05) is 68.0 Å². The standard InChI is InChI=1S/C26H21N3O2Si/c1-32(2,3)14-13-20-15-19-11-12-21(16-25(19)31-26(20)30)29-27-17-24(28-29)23-10-6-8-18-7-4-5-9-22(18)23/h4-12,15-17H,1-3H3. The molecule has 2 heterocycles. The molecule has 32 heavy (non-hydrogen) atoms. The van der Waals surface area contributed by atoms with Crippen LogP contribution in [0.15, 0.2) is 82.1 Å². The number of hydrogen-bond donors (Lipinski definition) is 0. The van der Waals surface area contributed by atoms with Crippen LogP contribution in [0.3, 0.4) is 0 Å². The Morgan fingerprint density at radius 3 is 2.59 bits per heavy atom.